The fourth-order valence-corrected chi connectivity index (χ4v) is 4.19. The van der Waals surface area contributed by atoms with Gasteiger partial charge in [0, 0.05) is 17.3 Å². The summed E-state index contributed by atoms with van der Waals surface area (Å²) >= 11 is 0. The van der Waals surface area contributed by atoms with E-state index in [1.165, 1.54) is 24.0 Å². The predicted octanol–water partition coefficient (Wildman–Crippen LogP) is 4.23. The van der Waals surface area contributed by atoms with Gasteiger partial charge >= 0.3 is 0 Å². The molecule has 0 bridgehead atoms. The lowest BCUT2D eigenvalue weighted by Gasteiger charge is -2.11. The maximum Gasteiger partial charge on any atom is 0.227 e. The highest BCUT2D eigenvalue weighted by atomic mass is 16.1. The number of carbonyl (C=O) groups excluding carboxylic acids is 1. The molecule has 0 aliphatic heterocycles. The number of aryl methyl sites for hydroxylation is 2. The molecule has 1 saturated carbocycles. The summed E-state index contributed by atoms with van der Waals surface area (Å²) in [6, 6.07) is 14.2. The van der Waals surface area contributed by atoms with Crippen molar-refractivity contribution in [2.45, 2.75) is 51.5 Å². The van der Waals surface area contributed by atoms with Crippen LogP contribution in [-0.2, 0) is 24.2 Å². The van der Waals surface area contributed by atoms with Crippen molar-refractivity contribution in [3.8, 4) is 0 Å². The molecule has 2 aromatic carbocycles. The standard InChI is InChI=1S/C23H28N4O/c24-23(27-21-12-11-17-8-4-9-19(17)14-21)25-15-16-5-3-10-20(13-16)26-22(28)18-6-1-2-7-18/h3,5,10-14,18H,1-2,4,6-9,15H2,(H,26,28)(H3,24,25,27). The largest absolute Gasteiger partial charge is 0.370 e. The van der Waals surface area contributed by atoms with Gasteiger partial charge in [-0.15, -0.1) is 0 Å². The van der Waals surface area contributed by atoms with Crippen molar-refractivity contribution in [1.29, 1.82) is 0 Å². The number of anilines is 2. The maximum absolute atomic E-state index is 12.3. The van der Waals surface area contributed by atoms with E-state index >= 15 is 0 Å². The first-order valence-corrected chi connectivity index (χ1v) is 10.3. The number of guanidine groups is 1. The number of nitrogens with two attached hydrogens (primary N) is 1. The first-order valence-electron chi connectivity index (χ1n) is 10.3. The van der Waals surface area contributed by atoms with Crippen LogP contribution >= 0.6 is 0 Å². The van der Waals surface area contributed by atoms with Gasteiger partial charge < -0.3 is 16.4 Å². The van der Waals surface area contributed by atoms with Gasteiger partial charge in [0.1, 0.15) is 0 Å². The van der Waals surface area contributed by atoms with Crippen molar-refractivity contribution >= 4 is 23.2 Å². The Kier molecular flexibility index (Phi) is 5.60. The molecule has 1 fully saturated rings. The number of nitrogens with zero attached hydrogens (tertiary/aromatic N) is 1. The lowest BCUT2D eigenvalue weighted by atomic mass is 10.1. The van der Waals surface area contributed by atoms with Crippen LogP contribution in [0.4, 0.5) is 11.4 Å². The first-order chi connectivity index (χ1) is 13.7. The van der Waals surface area contributed by atoms with Gasteiger partial charge in [0.05, 0.1) is 6.54 Å². The van der Waals surface area contributed by atoms with Crippen molar-refractivity contribution < 1.29 is 4.79 Å². The molecule has 2 aliphatic rings. The van der Waals surface area contributed by atoms with Gasteiger partial charge in [-0.2, -0.15) is 0 Å². The number of nitrogens with one attached hydrogen (secondary N) is 2. The van der Waals surface area contributed by atoms with E-state index in [9.17, 15) is 4.79 Å². The van der Waals surface area contributed by atoms with Crippen molar-refractivity contribution in [1.82, 2.24) is 0 Å². The molecule has 0 spiro atoms. The molecule has 2 aromatic rings. The SMILES string of the molecule is NC(=NCc1cccc(NC(=O)C2CCCC2)c1)Nc1ccc2c(c1)CCC2. The van der Waals surface area contributed by atoms with E-state index in [2.05, 4.69) is 33.8 Å². The van der Waals surface area contributed by atoms with Crippen LogP contribution in [0, 0.1) is 5.92 Å². The minimum Gasteiger partial charge on any atom is -0.370 e. The Balaban J connectivity index is 1.35. The van der Waals surface area contributed by atoms with E-state index in [0.717, 1.165) is 49.0 Å². The van der Waals surface area contributed by atoms with Gasteiger partial charge in [-0.3, -0.25) is 4.79 Å². The molecule has 0 saturated heterocycles. The molecule has 2 aliphatic carbocycles. The number of hydrogen-bond acceptors (Lipinski definition) is 2. The monoisotopic (exact) mass is 376 g/mol. The van der Waals surface area contributed by atoms with E-state index < -0.39 is 0 Å². The molecule has 5 nitrogen and oxygen atoms in total. The Morgan fingerprint density at radius 1 is 0.964 bits per heavy atom. The number of aliphatic imine (C=N–C) groups is 1. The highest BCUT2D eigenvalue weighted by molar-refractivity contribution is 5.93. The third-order valence-corrected chi connectivity index (χ3v) is 5.72. The predicted molar refractivity (Wildman–Crippen MR) is 114 cm³/mol. The lowest BCUT2D eigenvalue weighted by molar-refractivity contribution is -0.119. The van der Waals surface area contributed by atoms with Crippen LogP contribution in [0.3, 0.4) is 0 Å². The highest BCUT2D eigenvalue weighted by Gasteiger charge is 2.22. The van der Waals surface area contributed by atoms with Crippen molar-refractivity contribution in [2.24, 2.45) is 16.6 Å². The topological polar surface area (TPSA) is 79.5 Å². The fourth-order valence-electron chi connectivity index (χ4n) is 4.19. The van der Waals surface area contributed by atoms with Crippen LogP contribution in [0.5, 0.6) is 0 Å². The maximum atomic E-state index is 12.3. The molecule has 0 unspecified atom stereocenters. The summed E-state index contributed by atoms with van der Waals surface area (Å²) in [7, 11) is 0. The Morgan fingerprint density at radius 2 is 1.75 bits per heavy atom. The van der Waals surface area contributed by atoms with Gasteiger partial charge in [-0.1, -0.05) is 31.0 Å². The summed E-state index contributed by atoms with van der Waals surface area (Å²) in [4.78, 5) is 16.8. The van der Waals surface area contributed by atoms with E-state index in [1.54, 1.807) is 0 Å². The first kappa shape index (κ1) is 18.5. The molecule has 1 amide bonds. The van der Waals surface area contributed by atoms with Crippen LogP contribution < -0.4 is 16.4 Å². The van der Waals surface area contributed by atoms with Crippen LogP contribution in [-0.4, -0.2) is 11.9 Å². The second-order valence-corrected chi connectivity index (χ2v) is 7.83. The van der Waals surface area contributed by atoms with Gasteiger partial charge in [0.25, 0.3) is 0 Å². The number of rotatable bonds is 5. The number of hydrogen-bond donors (Lipinski definition) is 3. The van der Waals surface area contributed by atoms with Crippen LogP contribution in [0.1, 0.15) is 48.8 Å². The summed E-state index contributed by atoms with van der Waals surface area (Å²) in [5.41, 5.74) is 11.7. The molecule has 0 heterocycles. The summed E-state index contributed by atoms with van der Waals surface area (Å²) < 4.78 is 0. The third kappa shape index (κ3) is 4.53. The average molecular weight is 377 g/mol. The van der Waals surface area contributed by atoms with Gasteiger partial charge in [0.2, 0.25) is 5.91 Å². The number of benzene rings is 2. The van der Waals surface area contributed by atoms with E-state index in [-0.39, 0.29) is 11.8 Å². The van der Waals surface area contributed by atoms with Gasteiger partial charge in [-0.25, -0.2) is 4.99 Å². The second kappa shape index (κ2) is 8.46. The summed E-state index contributed by atoms with van der Waals surface area (Å²) in [5.74, 6) is 0.697. The Labute approximate surface area is 166 Å². The van der Waals surface area contributed by atoms with E-state index in [1.807, 2.05) is 24.3 Å². The normalized spacial score (nSPS) is 16.8. The quantitative estimate of drug-likeness (QED) is 0.540. The second-order valence-electron chi connectivity index (χ2n) is 7.83. The lowest BCUT2D eigenvalue weighted by Crippen LogP contribution is -2.22. The smallest absolute Gasteiger partial charge is 0.227 e. The number of fused-ring (bicyclic) bond motifs is 1. The average Bonchev–Trinajstić information content (AvgIpc) is 3.38. The molecule has 146 valence electrons. The molecule has 28 heavy (non-hydrogen) atoms. The third-order valence-electron chi connectivity index (χ3n) is 5.72. The van der Waals surface area contributed by atoms with Crippen molar-refractivity contribution in [3.63, 3.8) is 0 Å². The molecule has 0 atom stereocenters. The minimum atomic E-state index is 0.135. The Morgan fingerprint density at radius 3 is 2.61 bits per heavy atom. The van der Waals surface area contributed by atoms with Crippen LogP contribution in [0.2, 0.25) is 0 Å². The van der Waals surface area contributed by atoms with E-state index in [0.29, 0.717) is 12.5 Å². The zero-order chi connectivity index (χ0) is 19.3. The zero-order valence-electron chi connectivity index (χ0n) is 16.2. The molecule has 0 aromatic heterocycles. The molecule has 5 heteroatoms. The van der Waals surface area contributed by atoms with Crippen LogP contribution in [0.15, 0.2) is 47.5 Å². The van der Waals surface area contributed by atoms with Gasteiger partial charge in [0.15, 0.2) is 5.96 Å². The Hall–Kier alpha value is -2.82. The molecule has 0 radical (unpaired) electrons. The Bertz CT molecular complexity index is 884. The number of amides is 1. The van der Waals surface area contributed by atoms with Crippen LogP contribution in [0.25, 0.3) is 0 Å². The highest BCUT2D eigenvalue weighted by Crippen LogP contribution is 2.26. The van der Waals surface area contributed by atoms with Crippen molar-refractivity contribution in [3.05, 3.63) is 59.2 Å². The zero-order valence-corrected chi connectivity index (χ0v) is 16.2. The molecule has 4 N–H and O–H groups in total. The van der Waals surface area contributed by atoms with Crippen molar-refractivity contribution in [2.75, 3.05) is 10.6 Å². The summed E-state index contributed by atoms with van der Waals surface area (Å²) in [5, 5.41) is 6.23. The summed E-state index contributed by atoms with van der Waals surface area (Å²) in [6.45, 7) is 0.469. The van der Waals surface area contributed by atoms with Gasteiger partial charge in [-0.05, 0) is 73.1 Å². The van der Waals surface area contributed by atoms with E-state index in [4.69, 9.17) is 5.73 Å². The molecule has 4 rings (SSSR count). The molecular formula is C23H28N4O. The summed E-state index contributed by atoms with van der Waals surface area (Å²) in [6.07, 6.45) is 7.86. The fraction of sp³-hybridized carbons (Fsp3) is 0.391. The molecular weight excluding hydrogens is 348 g/mol. The number of carbonyl (C=O) groups is 1. The minimum absolute atomic E-state index is 0.135.